The molecule has 0 aliphatic heterocycles. The lowest BCUT2D eigenvalue weighted by atomic mass is 10.2. The molecule has 2 aromatic rings. The Labute approximate surface area is 122 Å². The molecule has 2 nitrogen and oxygen atoms in total. The summed E-state index contributed by atoms with van der Waals surface area (Å²) in [5.41, 5.74) is 0.817. The highest BCUT2D eigenvalue weighted by atomic mass is 35.5. The number of para-hydroxylation sites is 1. The zero-order valence-corrected chi connectivity index (χ0v) is 11.7. The summed E-state index contributed by atoms with van der Waals surface area (Å²) in [6.45, 7) is 0.609. The molecule has 0 atom stereocenters. The van der Waals surface area contributed by atoms with Crippen LogP contribution < -0.4 is 10.1 Å². The van der Waals surface area contributed by atoms with Crippen molar-refractivity contribution in [2.24, 2.45) is 0 Å². The van der Waals surface area contributed by atoms with Crippen LogP contribution in [0, 0.1) is 5.82 Å². The molecule has 0 spiro atoms. The van der Waals surface area contributed by atoms with Crippen molar-refractivity contribution in [3.63, 3.8) is 0 Å². The summed E-state index contributed by atoms with van der Waals surface area (Å²) in [5.74, 6) is 0.443. The van der Waals surface area contributed by atoms with Gasteiger partial charge >= 0.3 is 0 Å². The van der Waals surface area contributed by atoms with Crippen LogP contribution in [0.5, 0.6) is 11.5 Å². The van der Waals surface area contributed by atoms with E-state index >= 15 is 0 Å². The fraction of sp³-hybridized carbons (Fsp3) is 0.250. The Balaban J connectivity index is 1.82. The number of halogens is 2. The molecule has 1 saturated carbocycles. The van der Waals surface area contributed by atoms with E-state index in [0.717, 1.165) is 5.56 Å². The Morgan fingerprint density at radius 2 is 2.00 bits per heavy atom. The molecule has 4 heteroatoms. The second-order valence-electron chi connectivity index (χ2n) is 4.94. The smallest absolute Gasteiger partial charge is 0.167 e. The zero-order valence-electron chi connectivity index (χ0n) is 10.9. The van der Waals surface area contributed by atoms with E-state index < -0.39 is 0 Å². The molecule has 2 aromatic carbocycles. The molecule has 1 fully saturated rings. The molecule has 0 unspecified atom stereocenters. The second kappa shape index (κ2) is 5.81. The molecule has 0 saturated heterocycles. The fourth-order valence-corrected chi connectivity index (χ4v) is 2.18. The summed E-state index contributed by atoms with van der Waals surface area (Å²) < 4.78 is 19.7. The molecule has 0 heterocycles. The van der Waals surface area contributed by atoms with Crippen molar-refractivity contribution < 1.29 is 9.13 Å². The standard InChI is InChI=1S/C16H15ClFNO/c17-12-4-2-5-14(9-12)20-16-11(3-1-6-15(16)18)10-19-13-7-8-13/h1-6,9,13,19H,7-8,10H2. The molecular formula is C16H15ClFNO. The largest absolute Gasteiger partial charge is 0.454 e. The predicted octanol–water partition coefficient (Wildman–Crippen LogP) is 4.52. The fourth-order valence-electron chi connectivity index (χ4n) is 2.00. The van der Waals surface area contributed by atoms with Crippen LogP contribution in [0.15, 0.2) is 42.5 Å². The third-order valence-corrected chi connectivity index (χ3v) is 3.46. The van der Waals surface area contributed by atoms with Crippen LogP contribution in [0.3, 0.4) is 0 Å². The number of hydrogen-bond acceptors (Lipinski definition) is 2. The van der Waals surface area contributed by atoms with Gasteiger partial charge in [-0.1, -0.05) is 29.8 Å². The lowest BCUT2D eigenvalue weighted by Gasteiger charge is -2.13. The second-order valence-corrected chi connectivity index (χ2v) is 5.38. The van der Waals surface area contributed by atoms with E-state index in [-0.39, 0.29) is 11.6 Å². The molecule has 0 amide bonds. The van der Waals surface area contributed by atoms with Crippen molar-refractivity contribution in [2.45, 2.75) is 25.4 Å². The Morgan fingerprint density at radius 1 is 1.20 bits per heavy atom. The highest BCUT2D eigenvalue weighted by Crippen LogP contribution is 2.30. The summed E-state index contributed by atoms with van der Waals surface area (Å²) in [7, 11) is 0. The topological polar surface area (TPSA) is 21.3 Å². The summed E-state index contributed by atoms with van der Waals surface area (Å²) in [6.07, 6.45) is 2.39. The first kappa shape index (κ1) is 13.4. The van der Waals surface area contributed by atoms with Crippen molar-refractivity contribution in [3.05, 3.63) is 58.9 Å². The van der Waals surface area contributed by atoms with Gasteiger partial charge in [-0.05, 0) is 37.1 Å². The van der Waals surface area contributed by atoms with Gasteiger partial charge in [0.15, 0.2) is 11.6 Å². The van der Waals surface area contributed by atoms with Gasteiger partial charge in [0, 0.05) is 23.2 Å². The first-order chi connectivity index (χ1) is 9.72. The molecule has 0 radical (unpaired) electrons. The lowest BCUT2D eigenvalue weighted by Crippen LogP contribution is -2.16. The molecule has 1 aliphatic carbocycles. The van der Waals surface area contributed by atoms with E-state index in [4.69, 9.17) is 16.3 Å². The summed E-state index contributed by atoms with van der Waals surface area (Å²) in [5, 5.41) is 3.93. The normalized spacial score (nSPS) is 14.3. The Morgan fingerprint density at radius 3 is 2.75 bits per heavy atom. The SMILES string of the molecule is Fc1cccc(CNC2CC2)c1Oc1cccc(Cl)c1. The van der Waals surface area contributed by atoms with Gasteiger partial charge in [-0.2, -0.15) is 0 Å². The third kappa shape index (κ3) is 3.30. The molecule has 0 bridgehead atoms. The minimum atomic E-state index is -0.361. The van der Waals surface area contributed by atoms with Crippen molar-refractivity contribution in [3.8, 4) is 11.5 Å². The van der Waals surface area contributed by atoms with Gasteiger partial charge in [-0.3, -0.25) is 0 Å². The van der Waals surface area contributed by atoms with Gasteiger partial charge in [-0.25, -0.2) is 4.39 Å². The summed E-state index contributed by atoms with van der Waals surface area (Å²) in [6, 6.07) is 12.5. The van der Waals surface area contributed by atoms with E-state index in [0.29, 0.717) is 23.4 Å². The van der Waals surface area contributed by atoms with Gasteiger partial charge in [0.2, 0.25) is 0 Å². The quantitative estimate of drug-likeness (QED) is 0.874. The average molecular weight is 292 g/mol. The number of benzene rings is 2. The molecule has 20 heavy (non-hydrogen) atoms. The van der Waals surface area contributed by atoms with Gasteiger partial charge < -0.3 is 10.1 Å². The van der Waals surface area contributed by atoms with Gasteiger partial charge in [0.25, 0.3) is 0 Å². The van der Waals surface area contributed by atoms with Crippen LogP contribution in [-0.4, -0.2) is 6.04 Å². The maximum absolute atomic E-state index is 14.0. The van der Waals surface area contributed by atoms with Gasteiger partial charge in [0.05, 0.1) is 0 Å². The van der Waals surface area contributed by atoms with Crippen LogP contribution in [0.25, 0.3) is 0 Å². The van der Waals surface area contributed by atoms with E-state index in [1.807, 2.05) is 6.07 Å². The first-order valence-corrected chi connectivity index (χ1v) is 7.04. The zero-order chi connectivity index (χ0) is 13.9. The molecular weight excluding hydrogens is 277 g/mol. The Bertz CT molecular complexity index is 613. The van der Waals surface area contributed by atoms with E-state index in [1.165, 1.54) is 18.9 Å². The van der Waals surface area contributed by atoms with E-state index in [2.05, 4.69) is 5.32 Å². The van der Waals surface area contributed by atoms with Gasteiger partial charge in [0.1, 0.15) is 5.75 Å². The van der Waals surface area contributed by atoms with Crippen LogP contribution in [0.1, 0.15) is 18.4 Å². The molecule has 0 aromatic heterocycles. The van der Waals surface area contributed by atoms with Crippen LogP contribution in [0.2, 0.25) is 5.02 Å². The van der Waals surface area contributed by atoms with E-state index in [9.17, 15) is 4.39 Å². The van der Waals surface area contributed by atoms with Crippen LogP contribution in [0.4, 0.5) is 4.39 Å². The predicted molar refractivity (Wildman–Crippen MR) is 77.8 cm³/mol. The number of nitrogens with one attached hydrogen (secondary N) is 1. The van der Waals surface area contributed by atoms with Gasteiger partial charge in [-0.15, -0.1) is 0 Å². The number of rotatable bonds is 5. The number of ether oxygens (including phenoxy) is 1. The highest BCUT2D eigenvalue weighted by Gasteiger charge is 2.21. The van der Waals surface area contributed by atoms with Crippen molar-refractivity contribution in [1.29, 1.82) is 0 Å². The monoisotopic (exact) mass is 291 g/mol. The molecule has 1 aliphatic rings. The van der Waals surface area contributed by atoms with Crippen LogP contribution >= 0.6 is 11.6 Å². The molecule has 104 valence electrons. The first-order valence-electron chi connectivity index (χ1n) is 6.66. The average Bonchev–Trinajstić information content (AvgIpc) is 3.24. The number of hydrogen-bond donors (Lipinski definition) is 1. The van der Waals surface area contributed by atoms with Crippen LogP contribution in [-0.2, 0) is 6.54 Å². The molecule has 3 rings (SSSR count). The minimum absolute atomic E-state index is 0.267. The van der Waals surface area contributed by atoms with Crippen molar-refractivity contribution in [1.82, 2.24) is 5.32 Å². The summed E-state index contributed by atoms with van der Waals surface area (Å²) in [4.78, 5) is 0. The maximum atomic E-state index is 14.0. The lowest BCUT2D eigenvalue weighted by molar-refractivity contribution is 0.433. The highest BCUT2D eigenvalue weighted by molar-refractivity contribution is 6.30. The Kier molecular flexibility index (Phi) is 3.90. The van der Waals surface area contributed by atoms with E-state index in [1.54, 1.807) is 30.3 Å². The van der Waals surface area contributed by atoms with Crippen molar-refractivity contribution >= 4 is 11.6 Å². The third-order valence-electron chi connectivity index (χ3n) is 3.22. The molecule has 1 N–H and O–H groups in total. The van der Waals surface area contributed by atoms with Crippen molar-refractivity contribution in [2.75, 3.05) is 0 Å². The Hall–Kier alpha value is -1.58. The minimum Gasteiger partial charge on any atom is -0.454 e. The maximum Gasteiger partial charge on any atom is 0.167 e. The summed E-state index contributed by atoms with van der Waals surface area (Å²) >= 11 is 5.92.